The van der Waals surface area contributed by atoms with Crippen molar-refractivity contribution in [3.8, 4) is 11.5 Å². The van der Waals surface area contributed by atoms with Crippen molar-refractivity contribution in [3.63, 3.8) is 0 Å². The highest BCUT2D eigenvalue weighted by Gasteiger charge is 1.97. The van der Waals surface area contributed by atoms with Gasteiger partial charge in [-0.1, -0.05) is 0 Å². The predicted octanol–water partition coefficient (Wildman–Crippen LogP) is 3.41. The smallest absolute Gasteiger partial charge is 0.191 e. The highest BCUT2D eigenvalue weighted by molar-refractivity contribution is 7.80. The van der Waals surface area contributed by atoms with E-state index in [1.807, 2.05) is 55.5 Å². The maximum absolute atomic E-state index is 5.39. The van der Waals surface area contributed by atoms with Gasteiger partial charge in [0, 0.05) is 5.69 Å². The first-order chi connectivity index (χ1) is 11.2. The summed E-state index contributed by atoms with van der Waals surface area (Å²) in [6, 6.07) is 15.1. The van der Waals surface area contributed by atoms with Gasteiger partial charge in [0.15, 0.2) is 5.11 Å². The summed E-state index contributed by atoms with van der Waals surface area (Å²) in [7, 11) is 1.63. The van der Waals surface area contributed by atoms with Crippen LogP contribution in [0.4, 0.5) is 5.69 Å². The molecule has 0 heterocycles. The number of anilines is 1. The van der Waals surface area contributed by atoms with Crippen LogP contribution in [0.3, 0.4) is 0 Å². The van der Waals surface area contributed by atoms with Gasteiger partial charge in [-0.05, 0) is 73.2 Å². The van der Waals surface area contributed by atoms with Gasteiger partial charge in [0.05, 0.1) is 19.9 Å². The van der Waals surface area contributed by atoms with Gasteiger partial charge in [-0.2, -0.15) is 5.10 Å². The van der Waals surface area contributed by atoms with Crippen LogP contribution in [-0.4, -0.2) is 25.0 Å². The lowest BCUT2D eigenvalue weighted by Crippen LogP contribution is -2.23. The molecule has 0 atom stereocenters. The van der Waals surface area contributed by atoms with Crippen LogP contribution in [0.25, 0.3) is 0 Å². The highest BCUT2D eigenvalue weighted by atomic mass is 32.1. The van der Waals surface area contributed by atoms with Crippen LogP contribution < -0.4 is 20.2 Å². The van der Waals surface area contributed by atoms with Gasteiger partial charge >= 0.3 is 0 Å². The number of thiocarbonyl (C=S) groups is 1. The van der Waals surface area contributed by atoms with Crippen LogP contribution in [-0.2, 0) is 0 Å². The summed E-state index contributed by atoms with van der Waals surface area (Å²) in [5.41, 5.74) is 4.59. The molecule has 0 unspecified atom stereocenters. The molecule has 0 aromatic heterocycles. The molecule has 6 heteroatoms. The number of ether oxygens (including phenoxy) is 2. The molecule has 0 amide bonds. The van der Waals surface area contributed by atoms with Gasteiger partial charge in [-0.15, -0.1) is 0 Å². The first kappa shape index (κ1) is 16.8. The SMILES string of the molecule is CCOc1ccc(/C=N/NC(=S)Nc2ccc(OC)cc2)cc1. The first-order valence-electron chi connectivity index (χ1n) is 7.18. The molecule has 0 saturated heterocycles. The van der Waals surface area contributed by atoms with Crippen molar-refractivity contribution >= 4 is 29.2 Å². The van der Waals surface area contributed by atoms with Crippen LogP contribution in [0.1, 0.15) is 12.5 Å². The van der Waals surface area contributed by atoms with E-state index < -0.39 is 0 Å². The van der Waals surface area contributed by atoms with Crippen molar-refractivity contribution in [2.75, 3.05) is 19.0 Å². The summed E-state index contributed by atoms with van der Waals surface area (Å²) < 4.78 is 10.5. The van der Waals surface area contributed by atoms with Crippen LogP contribution in [0, 0.1) is 0 Å². The fraction of sp³-hybridized carbons (Fsp3) is 0.176. The molecule has 0 fully saturated rings. The van der Waals surface area contributed by atoms with E-state index in [4.69, 9.17) is 21.7 Å². The monoisotopic (exact) mass is 329 g/mol. The second-order valence-corrected chi connectivity index (χ2v) is 4.96. The Balaban J connectivity index is 1.82. The minimum absolute atomic E-state index is 0.414. The molecule has 23 heavy (non-hydrogen) atoms. The van der Waals surface area contributed by atoms with Crippen molar-refractivity contribution < 1.29 is 9.47 Å². The average molecular weight is 329 g/mol. The van der Waals surface area contributed by atoms with Gasteiger partial charge in [0.1, 0.15) is 11.5 Å². The Morgan fingerprint density at radius 2 is 1.74 bits per heavy atom. The summed E-state index contributed by atoms with van der Waals surface area (Å²) >= 11 is 5.18. The topological polar surface area (TPSA) is 54.9 Å². The van der Waals surface area contributed by atoms with Crippen LogP contribution in [0.15, 0.2) is 53.6 Å². The zero-order valence-corrected chi connectivity index (χ0v) is 13.9. The summed E-state index contributed by atoms with van der Waals surface area (Å²) in [4.78, 5) is 0. The third-order valence-corrected chi connectivity index (χ3v) is 3.11. The molecule has 0 saturated carbocycles. The van der Waals surface area contributed by atoms with Crippen LogP contribution >= 0.6 is 12.2 Å². The van der Waals surface area contributed by atoms with E-state index in [1.165, 1.54) is 0 Å². The second kappa shape index (κ2) is 8.75. The van der Waals surface area contributed by atoms with E-state index in [1.54, 1.807) is 13.3 Å². The zero-order chi connectivity index (χ0) is 16.5. The van der Waals surface area contributed by atoms with Crippen molar-refractivity contribution in [2.24, 2.45) is 5.10 Å². The van der Waals surface area contributed by atoms with Crippen molar-refractivity contribution in [3.05, 3.63) is 54.1 Å². The maximum Gasteiger partial charge on any atom is 0.191 e. The van der Waals surface area contributed by atoms with Crippen LogP contribution in [0.2, 0.25) is 0 Å². The van der Waals surface area contributed by atoms with Gasteiger partial charge in [-0.3, -0.25) is 5.43 Å². The van der Waals surface area contributed by atoms with E-state index in [0.717, 1.165) is 22.7 Å². The van der Waals surface area contributed by atoms with E-state index in [2.05, 4.69) is 15.8 Å². The number of nitrogens with one attached hydrogen (secondary N) is 2. The Hall–Kier alpha value is -2.60. The van der Waals surface area contributed by atoms with Gasteiger partial charge in [0.25, 0.3) is 0 Å². The Bertz CT molecular complexity index is 655. The maximum atomic E-state index is 5.39. The Morgan fingerprint density at radius 3 is 2.35 bits per heavy atom. The van der Waals surface area contributed by atoms with E-state index in [0.29, 0.717) is 11.7 Å². The molecule has 2 N–H and O–H groups in total. The minimum atomic E-state index is 0.414. The third kappa shape index (κ3) is 5.60. The molecule has 0 aliphatic heterocycles. The fourth-order valence-corrected chi connectivity index (χ4v) is 1.99. The lowest BCUT2D eigenvalue weighted by atomic mass is 10.2. The molecular weight excluding hydrogens is 310 g/mol. The molecule has 2 aromatic carbocycles. The van der Waals surface area contributed by atoms with Crippen molar-refractivity contribution in [1.82, 2.24) is 5.43 Å². The number of hydrazone groups is 1. The van der Waals surface area contributed by atoms with E-state index in [-0.39, 0.29) is 0 Å². The van der Waals surface area contributed by atoms with Gasteiger partial charge in [0.2, 0.25) is 0 Å². The molecule has 5 nitrogen and oxygen atoms in total. The molecule has 2 rings (SSSR count). The van der Waals surface area contributed by atoms with Crippen molar-refractivity contribution in [1.29, 1.82) is 0 Å². The Kier molecular flexibility index (Phi) is 6.38. The van der Waals surface area contributed by atoms with E-state index in [9.17, 15) is 0 Å². The number of hydrogen-bond acceptors (Lipinski definition) is 4. The second-order valence-electron chi connectivity index (χ2n) is 4.55. The molecule has 0 spiro atoms. The third-order valence-electron chi connectivity index (χ3n) is 2.92. The Morgan fingerprint density at radius 1 is 1.09 bits per heavy atom. The number of rotatable bonds is 6. The Labute approximate surface area is 141 Å². The quantitative estimate of drug-likeness (QED) is 0.483. The number of benzene rings is 2. The van der Waals surface area contributed by atoms with E-state index >= 15 is 0 Å². The minimum Gasteiger partial charge on any atom is -0.497 e. The zero-order valence-electron chi connectivity index (χ0n) is 13.1. The number of hydrogen-bond donors (Lipinski definition) is 2. The molecule has 0 bridgehead atoms. The fourth-order valence-electron chi connectivity index (χ4n) is 1.82. The number of methoxy groups -OCH3 is 1. The molecule has 2 aromatic rings. The highest BCUT2D eigenvalue weighted by Crippen LogP contribution is 2.14. The molecule has 0 aliphatic carbocycles. The number of nitrogens with zero attached hydrogens (tertiary/aromatic N) is 1. The summed E-state index contributed by atoms with van der Waals surface area (Å²) in [5, 5.41) is 7.55. The molecular formula is C17H19N3O2S. The molecule has 0 aliphatic rings. The predicted molar refractivity (Wildman–Crippen MR) is 97.6 cm³/mol. The van der Waals surface area contributed by atoms with Gasteiger partial charge < -0.3 is 14.8 Å². The first-order valence-corrected chi connectivity index (χ1v) is 7.59. The van der Waals surface area contributed by atoms with Gasteiger partial charge in [-0.25, -0.2) is 0 Å². The molecule has 0 radical (unpaired) electrons. The lowest BCUT2D eigenvalue weighted by molar-refractivity contribution is 0.340. The average Bonchev–Trinajstić information content (AvgIpc) is 2.57. The van der Waals surface area contributed by atoms with Crippen LogP contribution in [0.5, 0.6) is 11.5 Å². The standard InChI is InChI=1S/C17H19N3O2S/c1-3-22-16-8-4-13(5-9-16)12-18-20-17(23)19-14-6-10-15(21-2)11-7-14/h4-12H,3H2,1-2H3,(H2,19,20,23)/b18-12+. The summed E-state index contributed by atoms with van der Waals surface area (Å²) in [6.07, 6.45) is 1.69. The molecule has 120 valence electrons. The summed E-state index contributed by atoms with van der Waals surface area (Å²) in [5.74, 6) is 1.64. The normalized spacial score (nSPS) is 10.3. The largest absolute Gasteiger partial charge is 0.497 e. The van der Waals surface area contributed by atoms with Crippen molar-refractivity contribution in [2.45, 2.75) is 6.92 Å². The summed E-state index contributed by atoms with van der Waals surface area (Å²) in [6.45, 7) is 2.61. The lowest BCUT2D eigenvalue weighted by Gasteiger charge is -2.07.